The maximum atomic E-state index is 14.0. The predicted molar refractivity (Wildman–Crippen MR) is 193 cm³/mol. The van der Waals surface area contributed by atoms with Gasteiger partial charge in [-0.1, -0.05) is 103 Å². The van der Waals surface area contributed by atoms with Crippen molar-refractivity contribution in [3.8, 4) is 0 Å². The third-order valence-electron chi connectivity index (χ3n) is 10.5. The summed E-state index contributed by atoms with van der Waals surface area (Å²) < 4.78 is 42.1. The van der Waals surface area contributed by atoms with Gasteiger partial charge >= 0.3 is 18.1 Å². The van der Waals surface area contributed by atoms with Crippen molar-refractivity contribution < 1.29 is 33.0 Å². The highest BCUT2D eigenvalue weighted by Crippen LogP contribution is 2.39. The Bertz CT molecular complexity index is 1760. The fourth-order valence-corrected chi connectivity index (χ4v) is 8.20. The van der Waals surface area contributed by atoms with Gasteiger partial charge < -0.3 is 10.2 Å². The predicted octanol–water partition coefficient (Wildman–Crippen LogP) is 6.50. The summed E-state index contributed by atoms with van der Waals surface area (Å²) in [5.74, 6) is -2.09. The van der Waals surface area contributed by atoms with Gasteiger partial charge in [0, 0.05) is 50.8 Å². The van der Waals surface area contributed by atoms with Crippen molar-refractivity contribution in [3.05, 3.63) is 143 Å². The van der Waals surface area contributed by atoms with Crippen molar-refractivity contribution in [2.75, 3.05) is 39.3 Å². The molecule has 0 saturated carbocycles. The van der Waals surface area contributed by atoms with E-state index in [0.29, 0.717) is 25.2 Å². The molecule has 0 bridgehead atoms. The first-order valence-electron chi connectivity index (χ1n) is 17.7. The average molecular weight is 715 g/mol. The summed E-state index contributed by atoms with van der Waals surface area (Å²) in [5.41, 5.74) is 2.59. The second-order valence-electron chi connectivity index (χ2n) is 14.0. The summed E-state index contributed by atoms with van der Waals surface area (Å²) >= 11 is 0. The van der Waals surface area contributed by atoms with Gasteiger partial charge in [0.1, 0.15) is 6.04 Å². The second-order valence-corrected chi connectivity index (χ2v) is 14.0. The van der Waals surface area contributed by atoms with Crippen molar-refractivity contribution >= 4 is 11.9 Å². The van der Waals surface area contributed by atoms with Crippen LogP contribution in [0.4, 0.5) is 13.2 Å². The van der Waals surface area contributed by atoms with Gasteiger partial charge in [-0.3, -0.25) is 29.2 Å². The quantitative estimate of drug-likeness (QED) is 0.182. The lowest BCUT2D eigenvalue weighted by Gasteiger charge is -2.53. The Morgan fingerprint density at radius 2 is 1.19 bits per heavy atom. The number of nitrogens with zero attached hydrogens (tertiary/aromatic N) is 4. The van der Waals surface area contributed by atoms with Gasteiger partial charge in [-0.05, 0) is 48.2 Å². The molecule has 2 heterocycles. The van der Waals surface area contributed by atoms with Crippen molar-refractivity contribution in [2.45, 2.75) is 56.3 Å². The summed E-state index contributed by atoms with van der Waals surface area (Å²) in [6, 6.07) is 31.9. The normalized spacial score (nSPS) is 22.2. The van der Waals surface area contributed by atoms with E-state index in [4.69, 9.17) is 0 Å². The van der Waals surface area contributed by atoms with Crippen LogP contribution < -0.4 is 0 Å². The number of hydrogen-bond donors (Lipinski definition) is 2. The molecule has 0 aliphatic carbocycles. The molecule has 0 aromatic heterocycles. The third kappa shape index (κ3) is 8.23. The lowest BCUT2D eigenvalue weighted by Crippen LogP contribution is -2.69. The summed E-state index contributed by atoms with van der Waals surface area (Å²) in [6.07, 6.45) is -4.57. The van der Waals surface area contributed by atoms with Crippen LogP contribution in [0.25, 0.3) is 0 Å². The van der Waals surface area contributed by atoms with Gasteiger partial charge in [0.15, 0.2) is 0 Å². The number of halogens is 3. The van der Waals surface area contributed by atoms with E-state index in [1.165, 1.54) is 6.07 Å². The molecule has 0 amide bonds. The zero-order valence-corrected chi connectivity index (χ0v) is 29.3. The van der Waals surface area contributed by atoms with Gasteiger partial charge in [-0.2, -0.15) is 13.2 Å². The first-order chi connectivity index (χ1) is 24.9. The molecule has 2 aliphatic heterocycles. The molecule has 5 atom stereocenters. The monoisotopic (exact) mass is 714 g/mol. The SMILES string of the molecule is CC1CN([C@@H](c2ccccc2)c2cccc(C(F)(F)F)c2)C(C(C(=O)O)N2CCN(C(c3ccccc3)c3ccccc3)C(C)C2)CN1CC(=O)O. The first-order valence-corrected chi connectivity index (χ1v) is 17.7. The van der Waals surface area contributed by atoms with Gasteiger partial charge in [0.05, 0.1) is 24.2 Å². The molecule has 8 nitrogen and oxygen atoms in total. The third-order valence-corrected chi connectivity index (χ3v) is 10.5. The van der Waals surface area contributed by atoms with E-state index in [2.05, 4.69) is 36.1 Å². The molecule has 2 fully saturated rings. The molecule has 52 heavy (non-hydrogen) atoms. The van der Waals surface area contributed by atoms with Crippen LogP contribution in [0.2, 0.25) is 0 Å². The number of carbonyl (C=O) groups is 2. The Hall–Kier alpha value is -4.55. The number of piperazine rings is 2. The Balaban J connectivity index is 1.38. The largest absolute Gasteiger partial charge is 0.480 e. The van der Waals surface area contributed by atoms with E-state index in [0.717, 1.165) is 28.8 Å². The smallest absolute Gasteiger partial charge is 0.416 e. The molecule has 6 rings (SSSR count). The summed E-state index contributed by atoms with van der Waals surface area (Å²) in [5, 5.41) is 20.9. The van der Waals surface area contributed by atoms with Crippen LogP contribution in [-0.2, 0) is 15.8 Å². The molecular formula is C41H45F3N4O4. The maximum absolute atomic E-state index is 14.0. The highest BCUT2D eigenvalue weighted by molar-refractivity contribution is 5.75. The van der Waals surface area contributed by atoms with Crippen LogP contribution in [0.1, 0.15) is 53.7 Å². The Morgan fingerprint density at radius 1 is 0.673 bits per heavy atom. The molecule has 4 aromatic rings. The molecule has 2 N–H and O–H groups in total. The molecule has 11 heteroatoms. The fraction of sp³-hybridized carbons (Fsp3) is 0.366. The van der Waals surface area contributed by atoms with Crippen LogP contribution in [0.3, 0.4) is 0 Å². The van der Waals surface area contributed by atoms with Gasteiger partial charge in [-0.15, -0.1) is 0 Å². The molecule has 0 spiro atoms. The van der Waals surface area contributed by atoms with Crippen LogP contribution in [0.15, 0.2) is 115 Å². The number of rotatable bonds is 11. The summed E-state index contributed by atoms with van der Waals surface area (Å²) in [7, 11) is 0. The topological polar surface area (TPSA) is 87.6 Å². The lowest BCUT2D eigenvalue weighted by molar-refractivity contribution is -0.152. The van der Waals surface area contributed by atoms with E-state index in [-0.39, 0.29) is 37.8 Å². The molecule has 2 saturated heterocycles. The molecular weight excluding hydrogens is 669 g/mol. The standard InChI is InChI=1S/C41H45F3N4O4/c1-28-25-48(38(32-17-10-5-11-18-32)33-19-12-20-34(23-33)41(42,43)44)35(26-46(28)27-36(49)50)39(40(51)52)45-21-22-47(29(2)24-45)37(30-13-6-3-7-14-30)31-15-8-4-9-16-31/h3-20,23,28-29,35,37-39H,21-22,24-27H2,1-2H3,(H,49,50)(H,51,52)/t28?,29?,35?,38-,39?/m0/s1. The fourth-order valence-electron chi connectivity index (χ4n) is 8.20. The van der Waals surface area contributed by atoms with Crippen LogP contribution in [0.5, 0.6) is 0 Å². The van der Waals surface area contributed by atoms with E-state index in [9.17, 15) is 33.0 Å². The van der Waals surface area contributed by atoms with Crippen LogP contribution >= 0.6 is 0 Å². The first kappa shape index (κ1) is 37.2. The minimum atomic E-state index is -4.57. The minimum absolute atomic E-state index is 0.0516. The van der Waals surface area contributed by atoms with Crippen molar-refractivity contribution in [1.29, 1.82) is 0 Å². The Kier molecular flexibility index (Phi) is 11.4. The Labute approximate surface area is 302 Å². The van der Waals surface area contributed by atoms with E-state index in [1.807, 2.05) is 83.5 Å². The molecule has 4 unspecified atom stereocenters. The number of aliphatic carboxylic acids is 2. The van der Waals surface area contributed by atoms with Crippen molar-refractivity contribution in [3.63, 3.8) is 0 Å². The van der Waals surface area contributed by atoms with Crippen LogP contribution in [0, 0.1) is 0 Å². The minimum Gasteiger partial charge on any atom is -0.480 e. The highest BCUT2D eigenvalue weighted by atomic mass is 19.4. The lowest BCUT2D eigenvalue weighted by atomic mass is 9.89. The highest BCUT2D eigenvalue weighted by Gasteiger charge is 2.47. The number of carboxylic acids is 2. The van der Waals surface area contributed by atoms with Crippen molar-refractivity contribution in [2.24, 2.45) is 0 Å². The van der Waals surface area contributed by atoms with Crippen LogP contribution in [-0.4, -0.2) is 105 Å². The molecule has 4 aromatic carbocycles. The number of benzene rings is 4. The number of alkyl halides is 3. The zero-order valence-electron chi connectivity index (χ0n) is 29.3. The van der Waals surface area contributed by atoms with Gasteiger partial charge in [-0.25, -0.2) is 0 Å². The molecule has 2 aliphatic rings. The molecule has 0 radical (unpaired) electrons. The molecule has 274 valence electrons. The second kappa shape index (κ2) is 16.0. The Morgan fingerprint density at radius 3 is 1.67 bits per heavy atom. The average Bonchev–Trinajstić information content (AvgIpc) is 3.12. The van der Waals surface area contributed by atoms with Crippen molar-refractivity contribution in [1.82, 2.24) is 19.6 Å². The van der Waals surface area contributed by atoms with E-state index in [1.54, 1.807) is 11.0 Å². The van der Waals surface area contributed by atoms with E-state index >= 15 is 0 Å². The summed E-state index contributed by atoms with van der Waals surface area (Å²) in [6.45, 7) is 5.46. The number of hydrogen-bond acceptors (Lipinski definition) is 6. The maximum Gasteiger partial charge on any atom is 0.416 e. The zero-order chi connectivity index (χ0) is 37.0. The number of carboxylic acid groups (broad SMARTS) is 2. The van der Waals surface area contributed by atoms with Gasteiger partial charge in [0.2, 0.25) is 0 Å². The van der Waals surface area contributed by atoms with E-state index < -0.39 is 41.8 Å². The summed E-state index contributed by atoms with van der Waals surface area (Å²) in [4.78, 5) is 33.7. The van der Waals surface area contributed by atoms with Gasteiger partial charge in [0.25, 0.3) is 0 Å².